The molecule has 1 saturated carbocycles. The highest BCUT2D eigenvalue weighted by molar-refractivity contribution is 7.99. The van der Waals surface area contributed by atoms with E-state index in [0.29, 0.717) is 21.7 Å². The average molecular weight is 371 g/mol. The lowest BCUT2D eigenvalue weighted by Gasteiger charge is -2.11. The van der Waals surface area contributed by atoms with E-state index in [1.807, 2.05) is 24.6 Å². The number of halogens is 2. The number of nitrogens with one attached hydrogen (secondary N) is 1. The molecular formula is C15H16Cl2N4OS. The van der Waals surface area contributed by atoms with Gasteiger partial charge >= 0.3 is 0 Å². The summed E-state index contributed by atoms with van der Waals surface area (Å²) in [6, 6.07) is 3.53. The number of aryl methyl sites for hydroxylation is 1. The Morgan fingerprint density at radius 3 is 2.83 bits per heavy atom. The van der Waals surface area contributed by atoms with Gasteiger partial charge in [-0.3, -0.25) is 4.79 Å². The zero-order chi connectivity index (χ0) is 16.6. The summed E-state index contributed by atoms with van der Waals surface area (Å²) in [5.41, 5.74) is 1.32. The van der Waals surface area contributed by atoms with Crippen molar-refractivity contribution in [1.82, 2.24) is 14.8 Å². The lowest BCUT2D eigenvalue weighted by molar-refractivity contribution is -0.113. The van der Waals surface area contributed by atoms with Crippen LogP contribution in [0.3, 0.4) is 0 Å². The second-order valence-corrected chi connectivity index (χ2v) is 7.29. The predicted octanol–water partition coefficient (Wildman–Crippen LogP) is 4.04. The summed E-state index contributed by atoms with van der Waals surface area (Å²) in [4.78, 5) is 12.2. The van der Waals surface area contributed by atoms with Crippen LogP contribution in [0, 0.1) is 6.92 Å². The van der Waals surface area contributed by atoms with Gasteiger partial charge in [0.2, 0.25) is 5.91 Å². The minimum Gasteiger partial charge on any atom is -0.323 e. The second kappa shape index (κ2) is 6.71. The molecule has 2 aromatic rings. The van der Waals surface area contributed by atoms with Crippen LogP contribution in [-0.4, -0.2) is 26.4 Å². The molecule has 0 saturated heterocycles. The second-order valence-electron chi connectivity index (χ2n) is 5.56. The third-order valence-corrected chi connectivity index (χ3v) is 5.51. The third kappa shape index (κ3) is 3.65. The predicted molar refractivity (Wildman–Crippen MR) is 93.5 cm³/mol. The molecule has 0 unspecified atom stereocenters. The van der Waals surface area contributed by atoms with Crippen molar-refractivity contribution in [3.05, 3.63) is 33.6 Å². The first-order chi connectivity index (χ1) is 11.0. The molecule has 1 N–H and O–H groups in total. The maximum absolute atomic E-state index is 12.2. The first kappa shape index (κ1) is 16.6. The number of amides is 1. The molecule has 122 valence electrons. The number of aromatic nitrogens is 3. The SMILES string of the molecule is Cc1ccc(Cl)c(NC(=O)CSc2nnc(C3CC3)n2C)c1Cl. The molecule has 0 atom stereocenters. The Morgan fingerprint density at radius 1 is 1.39 bits per heavy atom. The van der Waals surface area contributed by atoms with Gasteiger partial charge in [0.05, 0.1) is 21.5 Å². The van der Waals surface area contributed by atoms with Crippen LogP contribution in [0.2, 0.25) is 10.0 Å². The van der Waals surface area contributed by atoms with Crippen LogP contribution in [0.5, 0.6) is 0 Å². The highest BCUT2D eigenvalue weighted by atomic mass is 35.5. The van der Waals surface area contributed by atoms with Crippen LogP contribution in [-0.2, 0) is 11.8 Å². The minimum atomic E-state index is -0.180. The van der Waals surface area contributed by atoms with Crippen LogP contribution >= 0.6 is 35.0 Å². The van der Waals surface area contributed by atoms with Gasteiger partial charge in [0.25, 0.3) is 0 Å². The summed E-state index contributed by atoms with van der Waals surface area (Å²) in [5.74, 6) is 1.57. The van der Waals surface area contributed by atoms with Gasteiger partial charge < -0.3 is 9.88 Å². The lowest BCUT2D eigenvalue weighted by Crippen LogP contribution is -2.15. The van der Waals surface area contributed by atoms with Crippen LogP contribution in [0.25, 0.3) is 0 Å². The van der Waals surface area contributed by atoms with E-state index in [9.17, 15) is 4.79 Å². The summed E-state index contributed by atoms with van der Waals surface area (Å²) >= 11 is 13.6. The van der Waals surface area contributed by atoms with Crippen LogP contribution in [0.4, 0.5) is 5.69 Å². The van der Waals surface area contributed by atoms with Gasteiger partial charge in [-0.15, -0.1) is 10.2 Å². The van der Waals surface area contributed by atoms with Gasteiger partial charge in [-0.1, -0.05) is 41.0 Å². The number of anilines is 1. The largest absolute Gasteiger partial charge is 0.323 e. The molecule has 1 heterocycles. The molecule has 5 nitrogen and oxygen atoms in total. The maximum Gasteiger partial charge on any atom is 0.234 e. The van der Waals surface area contributed by atoms with Gasteiger partial charge in [0, 0.05) is 13.0 Å². The van der Waals surface area contributed by atoms with Crippen molar-refractivity contribution in [1.29, 1.82) is 0 Å². The van der Waals surface area contributed by atoms with E-state index in [4.69, 9.17) is 23.2 Å². The molecule has 1 fully saturated rings. The molecule has 1 amide bonds. The number of hydrogen-bond acceptors (Lipinski definition) is 4. The smallest absolute Gasteiger partial charge is 0.234 e. The summed E-state index contributed by atoms with van der Waals surface area (Å²) in [5, 5.41) is 12.7. The Hall–Kier alpha value is -1.24. The van der Waals surface area contributed by atoms with E-state index >= 15 is 0 Å². The number of nitrogens with zero attached hydrogens (tertiary/aromatic N) is 3. The van der Waals surface area contributed by atoms with Gasteiger partial charge in [-0.25, -0.2) is 0 Å². The Bertz CT molecular complexity index is 758. The standard InChI is InChI=1S/C15H16Cl2N4OS/c1-8-3-6-10(16)13(12(8)17)18-11(22)7-23-15-20-19-14(21(15)2)9-4-5-9/h3,6,9H,4-5,7H2,1-2H3,(H,18,22). The quantitative estimate of drug-likeness (QED) is 0.806. The average Bonchev–Trinajstić information content (AvgIpc) is 3.30. The summed E-state index contributed by atoms with van der Waals surface area (Å²) in [6.45, 7) is 1.86. The molecule has 0 radical (unpaired) electrons. The fourth-order valence-corrected chi connectivity index (χ4v) is 3.41. The normalized spacial score (nSPS) is 14.1. The van der Waals surface area contributed by atoms with Crippen LogP contribution < -0.4 is 5.32 Å². The van der Waals surface area contributed by atoms with Crippen molar-refractivity contribution < 1.29 is 4.79 Å². The molecule has 8 heteroatoms. The fraction of sp³-hybridized carbons (Fsp3) is 0.400. The minimum absolute atomic E-state index is 0.180. The lowest BCUT2D eigenvalue weighted by atomic mass is 10.2. The van der Waals surface area contributed by atoms with Crippen molar-refractivity contribution in [2.24, 2.45) is 7.05 Å². The topological polar surface area (TPSA) is 59.8 Å². The fourth-order valence-electron chi connectivity index (χ4n) is 2.23. The number of thioether (sulfide) groups is 1. The highest BCUT2D eigenvalue weighted by Crippen LogP contribution is 2.39. The molecule has 1 aliphatic rings. The van der Waals surface area contributed by atoms with E-state index in [1.165, 1.54) is 24.6 Å². The Balaban J connectivity index is 1.63. The number of benzene rings is 1. The van der Waals surface area contributed by atoms with Crippen molar-refractivity contribution in [2.45, 2.75) is 30.8 Å². The zero-order valence-electron chi connectivity index (χ0n) is 12.8. The van der Waals surface area contributed by atoms with E-state index in [2.05, 4.69) is 15.5 Å². The molecule has 1 aromatic carbocycles. The number of rotatable bonds is 5. The van der Waals surface area contributed by atoms with E-state index in [0.717, 1.165) is 16.5 Å². The van der Waals surface area contributed by atoms with E-state index < -0.39 is 0 Å². The van der Waals surface area contributed by atoms with E-state index in [-0.39, 0.29) is 11.7 Å². The number of hydrogen-bond donors (Lipinski definition) is 1. The van der Waals surface area contributed by atoms with Crippen LogP contribution in [0.15, 0.2) is 17.3 Å². The van der Waals surface area contributed by atoms with Crippen molar-refractivity contribution >= 4 is 46.6 Å². The summed E-state index contributed by atoms with van der Waals surface area (Å²) in [6.07, 6.45) is 2.34. The molecule has 1 aromatic heterocycles. The van der Waals surface area contributed by atoms with Crippen molar-refractivity contribution in [2.75, 3.05) is 11.1 Å². The van der Waals surface area contributed by atoms with Gasteiger partial charge in [-0.05, 0) is 31.4 Å². The molecule has 0 aliphatic heterocycles. The molecule has 0 spiro atoms. The molecule has 3 rings (SSSR count). The van der Waals surface area contributed by atoms with Crippen molar-refractivity contribution in [3.8, 4) is 0 Å². The Morgan fingerprint density at radius 2 is 2.13 bits per heavy atom. The van der Waals surface area contributed by atoms with Crippen molar-refractivity contribution in [3.63, 3.8) is 0 Å². The Kier molecular flexibility index (Phi) is 4.85. The summed E-state index contributed by atoms with van der Waals surface area (Å²) < 4.78 is 1.96. The molecule has 0 bridgehead atoms. The molecule has 23 heavy (non-hydrogen) atoms. The first-order valence-corrected chi connectivity index (χ1v) is 8.98. The monoisotopic (exact) mass is 370 g/mol. The molecular weight excluding hydrogens is 355 g/mol. The first-order valence-electron chi connectivity index (χ1n) is 7.24. The zero-order valence-corrected chi connectivity index (χ0v) is 15.1. The van der Waals surface area contributed by atoms with Gasteiger partial charge in [0.1, 0.15) is 5.82 Å². The van der Waals surface area contributed by atoms with Crippen LogP contribution in [0.1, 0.15) is 30.1 Å². The van der Waals surface area contributed by atoms with Gasteiger partial charge in [-0.2, -0.15) is 0 Å². The summed E-state index contributed by atoms with van der Waals surface area (Å²) in [7, 11) is 1.93. The maximum atomic E-state index is 12.2. The third-order valence-electron chi connectivity index (χ3n) is 3.69. The van der Waals surface area contributed by atoms with Gasteiger partial charge in [0.15, 0.2) is 5.16 Å². The van der Waals surface area contributed by atoms with E-state index in [1.54, 1.807) is 6.07 Å². The molecule has 1 aliphatic carbocycles. The Labute approximate surface area is 148 Å². The number of carbonyl (C=O) groups is 1. The highest BCUT2D eigenvalue weighted by Gasteiger charge is 2.29. The number of carbonyl (C=O) groups excluding carboxylic acids is 1.